The number of nitrogens with one attached hydrogen (secondary N) is 1. The van der Waals surface area contributed by atoms with Crippen LogP contribution in [0.4, 0.5) is 18.9 Å². The molecule has 1 rings (SSSR count). The van der Waals surface area contributed by atoms with E-state index in [1.54, 1.807) is 0 Å². The van der Waals surface area contributed by atoms with Crippen molar-refractivity contribution in [1.82, 2.24) is 5.32 Å². The summed E-state index contributed by atoms with van der Waals surface area (Å²) in [5.41, 5.74) is 5.43. The second kappa shape index (κ2) is 7.66. The van der Waals surface area contributed by atoms with Crippen LogP contribution in [0.25, 0.3) is 0 Å². The van der Waals surface area contributed by atoms with Gasteiger partial charge in [0, 0.05) is 19.2 Å². The molecule has 108 valence electrons. The highest BCUT2D eigenvalue weighted by atomic mass is 19.4. The van der Waals surface area contributed by atoms with Gasteiger partial charge in [0.05, 0.1) is 5.56 Å². The molecule has 1 aromatic carbocycles. The van der Waals surface area contributed by atoms with E-state index in [9.17, 15) is 18.0 Å². The fourth-order valence-electron chi connectivity index (χ4n) is 1.37. The molecule has 3 nitrogen and oxygen atoms in total. The molecule has 1 amide bonds. The first-order valence-electron chi connectivity index (χ1n) is 6.00. The van der Waals surface area contributed by atoms with E-state index in [1.165, 1.54) is 13.0 Å². The van der Waals surface area contributed by atoms with Crippen molar-refractivity contribution < 1.29 is 18.0 Å². The number of nitrogens with two attached hydrogens (primary N) is 1. The number of nitrogen functional groups attached to an aromatic ring is 1. The van der Waals surface area contributed by atoms with Gasteiger partial charge in [-0.2, -0.15) is 13.2 Å². The van der Waals surface area contributed by atoms with Crippen molar-refractivity contribution in [2.24, 2.45) is 0 Å². The molecule has 0 spiro atoms. The summed E-state index contributed by atoms with van der Waals surface area (Å²) in [5, 5.41) is 2.55. The van der Waals surface area contributed by atoms with Crippen LogP contribution in [0, 0.1) is 0 Å². The van der Waals surface area contributed by atoms with E-state index in [0.717, 1.165) is 12.1 Å². The molecule has 19 heavy (non-hydrogen) atoms. The van der Waals surface area contributed by atoms with Gasteiger partial charge in [-0.1, -0.05) is 19.9 Å². The number of amides is 1. The molecule has 3 N–H and O–H groups in total. The number of alkyl halides is 3. The summed E-state index contributed by atoms with van der Waals surface area (Å²) in [7, 11) is 0. The molecular formula is C13H19F3N2O. The van der Waals surface area contributed by atoms with Crippen molar-refractivity contribution in [2.45, 2.75) is 33.4 Å². The van der Waals surface area contributed by atoms with Crippen LogP contribution < -0.4 is 11.1 Å². The maximum absolute atomic E-state index is 12.3. The maximum atomic E-state index is 12.3. The van der Waals surface area contributed by atoms with E-state index in [1.807, 2.05) is 13.8 Å². The predicted octanol–water partition coefficient (Wildman–Crippen LogP) is 2.99. The lowest BCUT2D eigenvalue weighted by molar-refractivity contribution is -0.137. The van der Waals surface area contributed by atoms with Crippen molar-refractivity contribution >= 4 is 11.6 Å². The van der Waals surface area contributed by atoms with Gasteiger partial charge in [-0.25, -0.2) is 0 Å². The van der Waals surface area contributed by atoms with Crippen molar-refractivity contribution in [3.8, 4) is 0 Å². The van der Waals surface area contributed by atoms with Crippen LogP contribution >= 0.6 is 0 Å². The highest BCUT2D eigenvalue weighted by Gasteiger charge is 2.30. The van der Waals surface area contributed by atoms with Gasteiger partial charge < -0.3 is 11.1 Å². The Hall–Kier alpha value is -1.72. The van der Waals surface area contributed by atoms with Crippen molar-refractivity contribution in [1.29, 1.82) is 0 Å². The minimum atomic E-state index is -4.38. The number of benzene rings is 1. The van der Waals surface area contributed by atoms with Crippen molar-refractivity contribution in [3.05, 3.63) is 29.3 Å². The third-order valence-corrected chi connectivity index (χ3v) is 2.24. The van der Waals surface area contributed by atoms with Gasteiger partial charge in [0.1, 0.15) is 0 Å². The van der Waals surface area contributed by atoms with E-state index in [4.69, 9.17) is 5.73 Å². The number of rotatable bonds is 3. The normalized spacial score (nSPS) is 10.4. The third kappa shape index (κ3) is 6.13. The average molecular weight is 276 g/mol. The summed E-state index contributed by atoms with van der Waals surface area (Å²) in [5.74, 6) is -0.185. The van der Waals surface area contributed by atoms with Gasteiger partial charge in [-0.15, -0.1) is 0 Å². The van der Waals surface area contributed by atoms with E-state index >= 15 is 0 Å². The topological polar surface area (TPSA) is 55.1 Å². The Bertz CT molecular complexity index is 417. The first kappa shape index (κ1) is 17.3. The predicted molar refractivity (Wildman–Crippen MR) is 69.6 cm³/mol. The van der Waals surface area contributed by atoms with Crippen LogP contribution in [-0.4, -0.2) is 12.5 Å². The quantitative estimate of drug-likeness (QED) is 0.834. The van der Waals surface area contributed by atoms with Crippen LogP contribution in [-0.2, 0) is 17.4 Å². The minimum Gasteiger partial charge on any atom is -0.398 e. The van der Waals surface area contributed by atoms with Gasteiger partial charge >= 0.3 is 6.18 Å². The molecule has 0 aliphatic rings. The summed E-state index contributed by atoms with van der Waals surface area (Å²) in [6.07, 6.45) is -3.98. The molecule has 1 aromatic rings. The Balaban J connectivity index is 0.00000154. The van der Waals surface area contributed by atoms with Crippen LogP contribution in [0.15, 0.2) is 18.2 Å². The summed E-state index contributed by atoms with van der Waals surface area (Å²) < 4.78 is 37.0. The molecule has 0 saturated heterocycles. The van der Waals surface area contributed by atoms with E-state index in [2.05, 4.69) is 5.32 Å². The van der Waals surface area contributed by atoms with Crippen molar-refractivity contribution in [2.75, 3.05) is 12.3 Å². The second-order valence-corrected chi connectivity index (χ2v) is 3.64. The van der Waals surface area contributed by atoms with Gasteiger partial charge in [-0.3, -0.25) is 4.79 Å². The summed E-state index contributed by atoms with van der Waals surface area (Å²) >= 11 is 0. The molecule has 0 heterocycles. The Morgan fingerprint density at radius 2 is 1.89 bits per heavy atom. The Labute approximate surface area is 111 Å². The summed E-state index contributed by atoms with van der Waals surface area (Å²) in [6.45, 7) is 5.72. The fourth-order valence-corrected chi connectivity index (χ4v) is 1.37. The molecule has 0 radical (unpaired) electrons. The average Bonchev–Trinajstić information content (AvgIpc) is 2.32. The van der Waals surface area contributed by atoms with Crippen molar-refractivity contribution in [3.63, 3.8) is 0 Å². The first-order chi connectivity index (χ1) is 8.80. The maximum Gasteiger partial charge on any atom is 0.416 e. The largest absolute Gasteiger partial charge is 0.416 e. The van der Waals surface area contributed by atoms with Gasteiger partial charge in [0.15, 0.2) is 0 Å². The molecule has 0 bridgehead atoms. The molecule has 0 atom stereocenters. The molecule has 0 saturated carbocycles. The van der Waals surface area contributed by atoms with E-state index < -0.39 is 11.7 Å². The zero-order valence-electron chi connectivity index (χ0n) is 11.3. The van der Waals surface area contributed by atoms with Gasteiger partial charge in [0.25, 0.3) is 0 Å². The third-order valence-electron chi connectivity index (χ3n) is 2.24. The lowest BCUT2D eigenvalue weighted by Gasteiger charge is -2.10. The molecule has 6 heteroatoms. The lowest BCUT2D eigenvalue weighted by Crippen LogP contribution is -2.22. The number of carbonyl (C=O) groups excluding carboxylic acids is 1. The molecular weight excluding hydrogens is 257 g/mol. The number of carbonyl (C=O) groups is 1. The zero-order chi connectivity index (χ0) is 15.1. The Morgan fingerprint density at radius 1 is 1.32 bits per heavy atom. The van der Waals surface area contributed by atoms with Crippen LogP contribution in [0.1, 0.15) is 31.9 Å². The van der Waals surface area contributed by atoms with E-state index in [-0.39, 0.29) is 11.6 Å². The monoisotopic (exact) mass is 276 g/mol. The molecule has 0 aliphatic carbocycles. The Kier molecular flexibility index (Phi) is 6.96. The molecule has 0 aliphatic heterocycles. The smallest absolute Gasteiger partial charge is 0.398 e. The van der Waals surface area contributed by atoms with Crippen LogP contribution in [0.3, 0.4) is 0 Å². The van der Waals surface area contributed by atoms with Gasteiger partial charge in [-0.05, 0) is 24.1 Å². The fraction of sp³-hybridized carbons (Fsp3) is 0.462. The standard InChI is InChI=1S/C11H13F3N2O.C2H6/c1-7(17)16-5-4-8-2-3-9(6-10(8)15)11(12,13)14;1-2/h2-3,6H,4-5,15H2,1H3,(H,16,17);1-2H3. The summed E-state index contributed by atoms with van der Waals surface area (Å²) in [4.78, 5) is 10.6. The molecule has 0 unspecified atom stereocenters. The highest BCUT2D eigenvalue weighted by molar-refractivity contribution is 5.72. The summed E-state index contributed by atoms with van der Waals surface area (Å²) in [6, 6.07) is 3.22. The lowest BCUT2D eigenvalue weighted by atomic mass is 10.1. The number of hydrogen-bond acceptors (Lipinski definition) is 2. The zero-order valence-corrected chi connectivity index (χ0v) is 11.3. The van der Waals surface area contributed by atoms with Gasteiger partial charge in [0.2, 0.25) is 5.91 Å². The molecule has 0 aromatic heterocycles. The first-order valence-corrected chi connectivity index (χ1v) is 6.00. The minimum absolute atomic E-state index is 0.0881. The Morgan fingerprint density at radius 3 is 2.32 bits per heavy atom. The van der Waals surface area contributed by atoms with Crippen LogP contribution in [0.2, 0.25) is 0 Å². The van der Waals surface area contributed by atoms with Crippen LogP contribution in [0.5, 0.6) is 0 Å². The molecule has 0 fully saturated rings. The number of halogens is 3. The van der Waals surface area contributed by atoms with E-state index in [0.29, 0.717) is 18.5 Å². The second-order valence-electron chi connectivity index (χ2n) is 3.64. The number of anilines is 1. The number of hydrogen-bond donors (Lipinski definition) is 2. The SMILES string of the molecule is CC.CC(=O)NCCc1ccc(C(F)(F)F)cc1N. The highest BCUT2D eigenvalue weighted by Crippen LogP contribution is 2.31.